The molecule has 0 aromatic rings. The van der Waals surface area contributed by atoms with E-state index in [1.54, 1.807) is 0 Å². The van der Waals surface area contributed by atoms with Crippen molar-refractivity contribution in [3.05, 3.63) is 0 Å². The maximum Gasteiger partial charge on any atom is 0.144 e. The Labute approximate surface area is 78.6 Å². The molecule has 1 saturated carbocycles. The van der Waals surface area contributed by atoms with Crippen LogP contribution in [0.3, 0.4) is 0 Å². The van der Waals surface area contributed by atoms with E-state index < -0.39 is 0 Å². The summed E-state index contributed by atoms with van der Waals surface area (Å²) in [4.78, 5) is 11.8. The Balaban J connectivity index is 2.22. The van der Waals surface area contributed by atoms with Gasteiger partial charge in [0.15, 0.2) is 0 Å². The van der Waals surface area contributed by atoms with Gasteiger partial charge in [0.25, 0.3) is 0 Å². The molecule has 13 heavy (non-hydrogen) atoms. The fourth-order valence-electron chi connectivity index (χ4n) is 2.49. The molecule has 1 heterocycles. The van der Waals surface area contributed by atoms with E-state index in [0.29, 0.717) is 12.2 Å². The monoisotopic (exact) mass is 180 g/mol. The third-order valence-electron chi connectivity index (χ3n) is 3.03. The van der Waals surface area contributed by atoms with E-state index in [-0.39, 0.29) is 17.4 Å². The highest BCUT2D eigenvalue weighted by Gasteiger charge is 2.44. The molecular formula is C10H16N2O. The van der Waals surface area contributed by atoms with Gasteiger partial charge in [0.1, 0.15) is 5.78 Å². The number of fused-ring (bicyclic) bond motifs is 1. The number of hydrazone groups is 1. The summed E-state index contributed by atoms with van der Waals surface area (Å²) in [6.45, 7) is 6.24. The highest BCUT2D eigenvalue weighted by Crippen LogP contribution is 2.38. The zero-order chi connectivity index (χ0) is 9.64. The molecule has 0 bridgehead atoms. The maximum atomic E-state index is 11.8. The summed E-state index contributed by atoms with van der Waals surface area (Å²) in [5, 5.41) is 4.14. The lowest BCUT2D eigenvalue weighted by molar-refractivity contribution is -0.126. The Morgan fingerprint density at radius 3 is 2.92 bits per heavy atom. The van der Waals surface area contributed by atoms with Crippen LogP contribution in [0.15, 0.2) is 5.10 Å². The highest BCUT2D eigenvalue weighted by atomic mass is 16.1. The van der Waals surface area contributed by atoms with E-state index in [1.807, 2.05) is 6.92 Å². The van der Waals surface area contributed by atoms with Gasteiger partial charge in [-0.25, -0.2) is 0 Å². The van der Waals surface area contributed by atoms with Gasteiger partial charge in [-0.2, -0.15) is 5.10 Å². The third kappa shape index (κ3) is 1.36. The molecule has 0 spiro atoms. The predicted molar refractivity (Wildman–Crippen MR) is 51.5 cm³/mol. The van der Waals surface area contributed by atoms with Crippen molar-refractivity contribution in [2.45, 2.75) is 39.7 Å². The number of nitrogens with zero attached hydrogens (tertiary/aromatic N) is 1. The fraction of sp³-hybridized carbons (Fsp3) is 0.800. The number of hydrogen-bond donors (Lipinski definition) is 1. The zero-order valence-corrected chi connectivity index (χ0v) is 8.42. The molecule has 1 aliphatic carbocycles. The van der Waals surface area contributed by atoms with Crippen molar-refractivity contribution >= 4 is 11.5 Å². The van der Waals surface area contributed by atoms with Crippen LogP contribution in [0, 0.1) is 11.3 Å². The average Bonchev–Trinajstić information content (AvgIpc) is 2.28. The van der Waals surface area contributed by atoms with Crippen molar-refractivity contribution in [3.63, 3.8) is 0 Å². The third-order valence-corrected chi connectivity index (χ3v) is 3.03. The molecule has 0 radical (unpaired) electrons. The second-order valence-corrected chi connectivity index (χ2v) is 4.98. The smallest absolute Gasteiger partial charge is 0.144 e. The number of carbonyl (C=O) groups is 1. The Hall–Kier alpha value is -0.860. The summed E-state index contributed by atoms with van der Waals surface area (Å²) in [7, 11) is 0. The molecule has 0 unspecified atom stereocenters. The molecule has 0 saturated heterocycles. The van der Waals surface area contributed by atoms with Crippen LogP contribution in [0.25, 0.3) is 0 Å². The van der Waals surface area contributed by atoms with Crippen LogP contribution >= 0.6 is 0 Å². The molecule has 1 aliphatic heterocycles. The van der Waals surface area contributed by atoms with Crippen LogP contribution in [0.4, 0.5) is 0 Å². The second kappa shape index (κ2) is 2.56. The van der Waals surface area contributed by atoms with Gasteiger partial charge in [-0.15, -0.1) is 0 Å². The Bertz CT molecular complexity index is 281. The van der Waals surface area contributed by atoms with E-state index >= 15 is 0 Å². The summed E-state index contributed by atoms with van der Waals surface area (Å²) < 4.78 is 0. The molecule has 1 N–H and O–H groups in total. The highest BCUT2D eigenvalue weighted by molar-refractivity contribution is 6.06. The first-order valence-electron chi connectivity index (χ1n) is 4.82. The minimum Gasteiger partial charge on any atom is -0.306 e. The van der Waals surface area contributed by atoms with Crippen LogP contribution in [0.1, 0.15) is 33.6 Å². The predicted octanol–water partition coefficient (Wildman–Crippen LogP) is 1.34. The molecule has 3 nitrogen and oxygen atoms in total. The van der Waals surface area contributed by atoms with E-state index in [2.05, 4.69) is 24.4 Å². The summed E-state index contributed by atoms with van der Waals surface area (Å²) in [6.07, 6.45) is 1.74. The zero-order valence-electron chi connectivity index (χ0n) is 8.42. The van der Waals surface area contributed by atoms with Crippen LogP contribution in [-0.4, -0.2) is 17.5 Å². The molecule has 0 aromatic carbocycles. The Kier molecular flexibility index (Phi) is 1.72. The number of Topliss-reactive ketones (excluding diaryl/α,β-unsaturated/α-hetero) is 1. The first-order chi connectivity index (χ1) is 5.99. The van der Waals surface area contributed by atoms with Crippen LogP contribution in [-0.2, 0) is 4.79 Å². The van der Waals surface area contributed by atoms with Gasteiger partial charge < -0.3 is 5.43 Å². The lowest BCUT2D eigenvalue weighted by Gasteiger charge is -2.35. The van der Waals surface area contributed by atoms with Gasteiger partial charge in [-0.3, -0.25) is 4.79 Å². The number of ketones is 1. The lowest BCUT2D eigenvalue weighted by atomic mass is 9.69. The summed E-state index contributed by atoms with van der Waals surface area (Å²) >= 11 is 0. The van der Waals surface area contributed by atoms with E-state index in [9.17, 15) is 4.79 Å². The van der Waals surface area contributed by atoms with E-state index in [1.165, 1.54) is 0 Å². The average molecular weight is 180 g/mol. The normalized spacial score (nSPS) is 36.5. The Morgan fingerprint density at radius 2 is 2.23 bits per heavy atom. The van der Waals surface area contributed by atoms with Crippen molar-refractivity contribution in [3.8, 4) is 0 Å². The maximum absolute atomic E-state index is 11.8. The number of carbonyl (C=O) groups excluding carboxylic acids is 1. The largest absolute Gasteiger partial charge is 0.306 e. The number of hydrogen-bond acceptors (Lipinski definition) is 3. The van der Waals surface area contributed by atoms with Gasteiger partial charge in [0, 0.05) is 12.1 Å². The lowest BCUT2D eigenvalue weighted by Crippen LogP contribution is -2.44. The quantitative estimate of drug-likeness (QED) is 0.611. The topological polar surface area (TPSA) is 41.5 Å². The SMILES string of the molecule is CC1=NN[C@H]2CC(C)(C)CC(=O)[C@@H]12. The van der Waals surface area contributed by atoms with Crippen LogP contribution < -0.4 is 5.43 Å². The molecular weight excluding hydrogens is 164 g/mol. The van der Waals surface area contributed by atoms with Gasteiger partial charge in [-0.1, -0.05) is 13.8 Å². The van der Waals surface area contributed by atoms with Gasteiger partial charge in [0.05, 0.1) is 12.0 Å². The number of rotatable bonds is 0. The molecule has 2 aliphatic rings. The fourth-order valence-corrected chi connectivity index (χ4v) is 2.49. The van der Waals surface area contributed by atoms with E-state index in [0.717, 1.165) is 12.1 Å². The summed E-state index contributed by atoms with van der Waals surface area (Å²) in [5.41, 5.74) is 4.17. The minimum atomic E-state index is 0.0630. The van der Waals surface area contributed by atoms with Crippen molar-refractivity contribution in [2.75, 3.05) is 0 Å². The molecule has 1 fully saturated rings. The van der Waals surface area contributed by atoms with Crippen molar-refractivity contribution in [1.29, 1.82) is 0 Å². The summed E-state index contributed by atoms with van der Waals surface area (Å²) in [6, 6.07) is 0.260. The molecule has 72 valence electrons. The Morgan fingerprint density at radius 1 is 1.54 bits per heavy atom. The van der Waals surface area contributed by atoms with Crippen LogP contribution in [0.2, 0.25) is 0 Å². The van der Waals surface area contributed by atoms with Crippen molar-refractivity contribution in [2.24, 2.45) is 16.4 Å². The van der Waals surface area contributed by atoms with Crippen LogP contribution in [0.5, 0.6) is 0 Å². The van der Waals surface area contributed by atoms with Crippen molar-refractivity contribution < 1.29 is 4.79 Å². The second-order valence-electron chi connectivity index (χ2n) is 4.98. The molecule has 0 amide bonds. The summed E-state index contributed by atoms with van der Waals surface area (Å²) in [5.74, 6) is 0.417. The standard InChI is InChI=1S/C10H16N2O/c1-6-9-7(12-11-6)4-10(2,3)5-8(9)13/h7,9,12H,4-5H2,1-3H3/t7-,9-/m0/s1. The minimum absolute atomic E-state index is 0.0630. The van der Waals surface area contributed by atoms with Gasteiger partial charge in [0.2, 0.25) is 0 Å². The number of nitrogens with one attached hydrogen (secondary N) is 1. The van der Waals surface area contributed by atoms with E-state index in [4.69, 9.17) is 0 Å². The molecule has 0 aromatic heterocycles. The first kappa shape index (κ1) is 8.73. The van der Waals surface area contributed by atoms with Gasteiger partial charge in [-0.05, 0) is 18.8 Å². The van der Waals surface area contributed by atoms with Gasteiger partial charge >= 0.3 is 0 Å². The molecule has 2 atom stereocenters. The molecule has 3 heteroatoms. The van der Waals surface area contributed by atoms with Crippen molar-refractivity contribution in [1.82, 2.24) is 5.43 Å². The first-order valence-corrected chi connectivity index (χ1v) is 4.82. The molecule has 2 rings (SSSR count).